The van der Waals surface area contributed by atoms with Crippen LogP contribution >= 0.6 is 0 Å². The van der Waals surface area contributed by atoms with E-state index in [4.69, 9.17) is 24.4 Å². The lowest BCUT2D eigenvalue weighted by atomic mass is 9.96. The minimum absolute atomic E-state index is 0.0635. The first kappa shape index (κ1) is 17.8. The molecule has 0 aromatic rings. The zero-order valence-electron chi connectivity index (χ0n) is 12.7. The highest BCUT2D eigenvalue weighted by Gasteiger charge is 2.40. The molecule has 5 unspecified atom stereocenters. The van der Waals surface area contributed by atoms with E-state index in [1.165, 1.54) is 0 Å². The third kappa shape index (κ3) is 4.65. The van der Waals surface area contributed by atoms with E-state index in [0.29, 0.717) is 6.61 Å². The van der Waals surface area contributed by atoms with Crippen LogP contribution in [0.15, 0.2) is 0 Å². The number of hydrogen-bond acceptors (Lipinski definition) is 6. The Morgan fingerprint density at radius 2 is 1.85 bits per heavy atom. The number of rotatable bonds is 8. The van der Waals surface area contributed by atoms with Gasteiger partial charge in [-0.1, -0.05) is 20.8 Å². The molecule has 1 heterocycles. The van der Waals surface area contributed by atoms with Crippen LogP contribution in [0, 0.1) is 11.8 Å². The molecule has 6 nitrogen and oxygen atoms in total. The Labute approximate surface area is 120 Å². The van der Waals surface area contributed by atoms with Gasteiger partial charge in [-0.05, 0) is 12.8 Å². The summed E-state index contributed by atoms with van der Waals surface area (Å²) in [6.07, 6.45) is -2.86. The van der Waals surface area contributed by atoms with Crippen LogP contribution in [0.1, 0.15) is 27.7 Å². The van der Waals surface area contributed by atoms with Crippen LogP contribution in [-0.2, 0) is 14.2 Å². The van der Waals surface area contributed by atoms with E-state index in [-0.39, 0.29) is 30.7 Å². The Balaban J connectivity index is 2.71. The van der Waals surface area contributed by atoms with Crippen molar-refractivity contribution < 1.29 is 29.5 Å². The zero-order chi connectivity index (χ0) is 15.3. The van der Waals surface area contributed by atoms with Gasteiger partial charge < -0.3 is 29.5 Å². The molecule has 1 rings (SSSR count). The molecule has 0 bridgehead atoms. The minimum Gasteiger partial charge on any atom is -0.394 e. The maximum absolute atomic E-state index is 9.81. The van der Waals surface area contributed by atoms with E-state index in [1.807, 2.05) is 20.8 Å². The average Bonchev–Trinajstić information content (AvgIpc) is 2.78. The molecule has 0 saturated carbocycles. The van der Waals surface area contributed by atoms with Crippen LogP contribution in [0.5, 0.6) is 0 Å². The van der Waals surface area contributed by atoms with Crippen molar-refractivity contribution in [3.8, 4) is 0 Å². The third-order valence-electron chi connectivity index (χ3n) is 3.51. The van der Waals surface area contributed by atoms with Gasteiger partial charge in [0.05, 0.1) is 38.1 Å². The summed E-state index contributed by atoms with van der Waals surface area (Å²) in [6.45, 7) is 7.76. The molecule has 20 heavy (non-hydrogen) atoms. The molecule has 6 atom stereocenters. The summed E-state index contributed by atoms with van der Waals surface area (Å²) in [5.41, 5.74) is 0. The second-order valence-corrected chi connectivity index (χ2v) is 5.87. The Morgan fingerprint density at radius 3 is 2.35 bits per heavy atom. The van der Waals surface area contributed by atoms with Crippen molar-refractivity contribution in [3.05, 3.63) is 0 Å². The van der Waals surface area contributed by atoms with Gasteiger partial charge in [0, 0.05) is 5.92 Å². The summed E-state index contributed by atoms with van der Waals surface area (Å²) >= 11 is 0. The Bertz CT molecular complexity index is 272. The van der Waals surface area contributed by atoms with Gasteiger partial charge in [-0.3, -0.25) is 0 Å². The molecule has 0 amide bonds. The highest BCUT2D eigenvalue weighted by Crippen LogP contribution is 2.29. The van der Waals surface area contributed by atoms with Crippen molar-refractivity contribution in [1.82, 2.24) is 0 Å². The molecule has 0 spiro atoms. The van der Waals surface area contributed by atoms with Gasteiger partial charge in [0.1, 0.15) is 6.10 Å². The standard InChI is InChI=1S/C14H28O6/c1-8(2)12-13(9(3)7-18-12)20-14(11(17)6-16)19-10(4)5-15/h8-17H,5-7H2,1-4H3/t9?,10?,11-,12?,13?,14?/m0/s1. The Hall–Kier alpha value is -0.240. The van der Waals surface area contributed by atoms with Crippen molar-refractivity contribution in [2.45, 2.75) is 58.4 Å². The Kier molecular flexibility index (Phi) is 7.36. The highest BCUT2D eigenvalue weighted by atomic mass is 16.7. The third-order valence-corrected chi connectivity index (χ3v) is 3.51. The molecular weight excluding hydrogens is 264 g/mol. The van der Waals surface area contributed by atoms with Gasteiger partial charge in [0.25, 0.3) is 0 Å². The quantitative estimate of drug-likeness (QED) is 0.552. The summed E-state index contributed by atoms with van der Waals surface area (Å²) in [5, 5.41) is 28.0. The topological polar surface area (TPSA) is 88.4 Å². The first-order chi connectivity index (χ1) is 9.40. The van der Waals surface area contributed by atoms with Crippen molar-refractivity contribution in [2.75, 3.05) is 19.8 Å². The van der Waals surface area contributed by atoms with Gasteiger partial charge >= 0.3 is 0 Å². The maximum atomic E-state index is 9.81. The van der Waals surface area contributed by atoms with E-state index < -0.39 is 25.1 Å². The lowest BCUT2D eigenvalue weighted by Crippen LogP contribution is -2.44. The fraction of sp³-hybridized carbons (Fsp3) is 1.00. The van der Waals surface area contributed by atoms with E-state index in [2.05, 4.69) is 0 Å². The number of ether oxygens (including phenoxy) is 3. The van der Waals surface area contributed by atoms with Crippen LogP contribution in [0.4, 0.5) is 0 Å². The van der Waals surface area contributed by atoms with Crippen molar-refractivity contribution >= 4 is 0 Å². The second kappa shape index (κ2) is 8.26. The summed E-state index contributed by atoms with van der Waals surface area (Å²) < 4.78 is 17.0. The molecule has 0 aromatic carbocycles. The zero-order valence-corrected chi connectivity index (χ0v) is 12.7. The molecule has 1 aliphatic heterocycles. The van der Waals surface area contributed by atoms with Crippen LogP contribution in [0.2, 0.25) is 0 Å². The lowest BCUT2D eigenvalue weighted by molar-refractivity contribution is -0.252. The van der Waals surface area contributed by atoms with Crippen LogP contribution in [-0.4, -0.2) is 65.8 Å². The van der Waals surface area contributed by atoms with Gasteiger partial charge in [-0.2, -0.15) is 0 Å². The van der Waals surface area contributed by atoms with E-state index in [1.54, 1.807) is 6.92 Å². The smallest absolute Gasteiger partial charge is 0.186 e. The van der Waals surface area contributed by atoms with Gasteiger partial charge in [-0.15, -0.1) is 0 Å². The normalized spacial score (nSPS) is 31.5. The molecule has 0 aromatic heterocycles. The summed E-state index contributed by atoms with van der Waals surface area (Å²) in [6, 6.07) is 0. The largest absolute Gasteiger partial charge is 0.394 e. The molecule has 120 valence electrons. The molecule has 1 fully saturated rings. The Morgan fingerprint density at radius 1 is 1.20 bits per heavy atom. The molecule has 1 aliphatic rings. The molecule has 0 aliphatic carbocycles. The predicted octanol–water partition coefficient (Wildman–Crippen LogP) is 0.139. The van der Waals surface area contributed by atoms with Gasteiger partial charge in [0.2, 0.25) is 0 Å². The number of hydrogen-bond donors (Lipinski definition) is 3. The summed E-state index contributed by atoms with van der Waals surface area (Å²) in [5.74, 6) is 0.468. The highest BCUT2D eigenvalue weighted by molar-refractivity contribution is 4.85. The van der Waals surface area contributed by atoms with E-state index in [9.17, 15) is 5.11 Å². The van der Waals surface area contributed by atoms with Crippen molar-refractivity contribution in [3.63, 3.8) is 0 Å². The van der Waals surface area contributed by atoms with E-state index >= 15 is 0 Å². The number of aliphatic hydroxyl groups is 3. The fourth-order valence-electron chi connectivity index (χ4n) is 2.29. The van der Waals surface area contributed by atoms with Gasteiger partial charge in [-0.25, -0.2) is 0 Å². The lowest BCUT2D eigenvalue weighted by Gasteiger charge is -2.32. The first-order valence-electron chi connectivity index (χ1n) is 7.23. The molecule has 3 N–H and O–H groups in total. The first-order valence-corrected chi connectivity index (χ1v) is 7.23. The average molecular weight is 292 g/mol. The second-order valence-electron chi connectivity index (χ2n) is 5.87. The van der Waals surface area contributed by atoms with Crippen molar-refractivity contribution in [1.29, 1.82) is 0 Å². The SMILES string of the molecule is CC(CO)OC(OC1C(C)COC1C(C)C)[C@@H](O)CO. The molecule has 0 radical (unpaired) electrons. The fourth-order valence-corrected chi connectivity index (χ4v) is 2.29. The minimum atomic E-state index is -1.15. The van der Waals surface area contributed by atoms with Crippen molar-refractivity contribution in [2.24, 2.45) is 11.8 Å². The molecular formula is C14H28O6. The number of aliphatic hydroxyl groups excluding tert-OH is 3. The van der Waals surface area contributed by atoms with E-state index in [0.717, 1.165) is 0 Å². The van der Waals surface area contributed by atoms with Gasteiger partial charge in [0.15, 0.2) is 6.29 Å². The summed E-state index contributed by atoms with van der Waals surface area (Å²) in [7, 11) is 0. The van der Waals surface area contributed by atoms with Crippen LogP contribution in [0.3, 0.4) is 0 Å². The maximum Gasteiger partial charge on any atom is 0.186 e. The van der Waals surface area contributed by atoms with Crippen LogP contribution < -0.4 is 0 Å². The monoisotopic (exact) mass is 292 g/mol. The predicted molar refractivity (Wildman–Crippen MR) is 73.1 cm³/mol. The summed E-state index contributed by atoms with van der Waals surface area (Å²) in [4.78, 5) is 0. The molecule has 6 heteroatoms. The molecule has 1 saturated heterocycles. The van der Waals surface area contributed by atoms with Crippen LogP contribution in [0.25, 0.3) is 0 Å².